The summed E-state index contributed by atoms with van der Waals surface area (Å²) in [5.74, 6) is 0.0878. The summed E-state index contributed by atoms with van der Waals surface area (Å²) >= 11 is 0. The quantitative estimate of drug-likeness (QED) is 0.714. The molecule has 18 heavy (non-hydrogen) atoms. The highest BCUT2D eigenvalue weighted by Crippen LogP contribution is 2.22. The number of likely N-dealkylation sites (tertiary alicyclic amines) is 1. The van der Waals surface area contributed by atoms with Gasteiger partial charge >= 0.3 is 6.09 Å². The first-order valence-corrected chi connectivity index (χ1v) is 6.02. The maximum Gasteiger partial charge on any atom is 0.414 e. The molecule has 1 heterocycles. The Balaban J connectivity index is 2.82. The summed E-state index contributed by atoms with van der Waals surface area (Å²) in [7, 11) is 3.60. The minimum Gasteiger partial charge on any atom is -0.443 e. The van der Waals surface area contributed by atoms with Crippen LogP contribution in [0.3, 0.4) is 0 Å². The molecule has 0 aliphatic carbocycles. The van der Waals surface area contributed by atoms with Gasteiger partial charge in [-0.15, -0.1) is 0 Å². The topological polar surface area (TPSA) is 49.9 Å². The Morgan fingerprint density at radius 3 is 2.44 bits per heavy atom. The lowest BCUT2D eigenvalue weighted by Crippen LogP contribution is -2.51. The van der Waals surface area contributed by atoms with E-state index < -0.39 is 17.7 Å². The molecule has 0 aromatic heterocycles. The summed E-state index contributed by atoms with van der Waals surface area (Å²) in [5, 5.41) is 0. The minimum absolute atomic E-state index is 0.0878. The summed E-state index contributed by atoms with van der Waals surface area (Å²) in [6.07, 6.45) is -0.104. The summed E-state index contributed by atoms with van der Waals surface area (Å²) in [6, 6.07) is -0.439. The second kappa shape index (κ2) is 5.10. The van der Waals surface area contributed by atoms with Gasteiger partial charge in [-0.25, -0.2) is 4.79 Å². The van der Waals surface area contributed by atoms with E-state index in [2.05, 4.69) is 6.58 Å². The van der Waals surface area contributed by atoms with Crippen molar-refractivity contribution in [3.05, 3.63) is 12.3 Å². The molecule has 0 spiro atoms. The van der Waals surface area contributed by atoms with Gasteiger partial charge in [0.1, 0.15) is 11.6 Å². The number of ketones is 1. The number of ether oxygens (including phenoxy) is 1. The highest BCUT2D eigenvalue weighted by Gasteiger charge is 2.36. The van der Waals surface area contributed by atoms with Crippen LogP contribution in [-0.4, -0.2) is 54.0 Å². The van der Waals surface area contributed by atoms with Crippen molar-refractivity contribution in [3.8, 4) is 0 Å². The Morgan fingerprint density at radius 2 is 2.00 bits per heavy atom. The molecular weight excluding hydrogens is 232 g/mol. The highest BCUT2D eigenvalue weighted by atomic mass is 16.6. The third-order valence-electron chi connectivity index (χ3n) is 2.68. The van der Waals surface area contributed by atoms with Crippen LogP contribution in [0.15, 0.2) is 12.3 Å². The molecule has 5 heteroatoms. The van der Waals surface area contributed by atoms with Crippen LogP contribution in [0.5, 0.6) is 0 Å². The van der Waals surface area contributed by atoms with Crippen LogP contribution >= 0.6 is 0 Å². The largest absolute Gasteiger partial charge is 0.443 e. The first kappa shape index (κ1) is 14.7. The van der Waals surface area contributed by atoms with Crippen molar-refractivity contribution in [3.63, 3.8) is 0 Å². The summed E-state index contributed by atoms with van der Waals surface area (Å²) < 4.78 is 5.31. The van der Waals surface area contributed by atoms with E-state index in [-0.39, 0.29) is 5.78 Å². The maximum atomic E-state index is 12.0. The lowest BCUT2D eigenvalue weighted by Gasteiger charge is -2.37. The third-order valence-corrected chi connectivity index (χ3v) is 2.68. The van der Waals surface area contributed by atoms with Gasteiger partial charge in [0.25, 0.3) is 0 Å². The molecule has 1 rings (SSSR count). The number of rotatable bonds is 1. The molecule has 0 saturated carbocycles. The first-order chi connectivity index (χ1) is 8.13. The Morgan fingerprint density at radius 1 is 1.44 bits per heavy atom. The molecule has 1 saturated heterocycles. The van der Waals surface area contributed by atoms with Gasteiger partial charge < -0.3 is 4.74 Å². The van der Waals surface area contributed by atoms with Crippen molar-refractivity contribution >= 4 is 11.9 Å². The van der Waals surface area contributed by atoms with Crippen molar-refractivity contribution < 1.29 is 14.3 Å². The van der Waals surface area contributed by atoms with Crippen LogP contribution in [0.2, 0.25) is 0 Å². The van der Waals surface area contributed by atoms with E-state index in [1.807, 2.05) is 20.8 Å². The fraction of sp³-hybridized carbons (Fsp3) is 0.692. The predicted octanol–water partition coefficient (Wildman–Crippen LogP) is 1.64. The number of likely N-dealkylation sites (N-methyl/N-ethyl adjacent to an activating group) is 1. The van der Waals surface area contributed by atoms with Crippen LogP contribution in [0.1, 0.15) is 27.2 Å². The van der Waals surface area contributed by atoms with E-state index in [1.54, 1.807) is 19.0 Å². The van der Waals surface area contributed by atoms with Gasteiger partial charge in [-0.3, -0.25) is 14.6 Å². The molecule has 0 radical (unpaired) electrons. The fourth-order valence-electron chi connectivity index (χ4n) is 1.95. The standard InChI is InChI=1S/C13H22N2O3/c1-9-11(14(5)6)10(16)7-8-15(9)12(17)18-13(2,3)4/h11H,1,7-8H2,2-6H3. The number of piperidine rings is 1. The van der Waals surface area contributed by atoms with Gasteiger partial charge in [0.2, 0.25) is 0 Å². The number of amides is 1. The molecule has 0 N–H and O–H groups in total. The highest BCUT2D eigenvalue weighted by molar-refractivity contribution is 5.90. The van der Waals surface area contributed by atoms with Gasteiger partial charge in [-0.1, -0.05) is 6.58 Å². The van der Waals surface area contributed by atoms with E-state index in [0.29, 0.717) is 18.7 Å². The van der Waals surface area contributed by atoms with Gasteiger partial charge in [-0.2, -0.15) is 0 Å². The van der Waals surface area contributed by atoms with Crippen LogP contribution in [0.25, 0.3) is 0 Å². The number of hydrogen-bond acceptors (Lipinski definition) is 4. The van der Waals surface area contributed by atoms with Gasteiger partial charge in [-0.05, 0) is 34.9 Å². The van der Waals surface area contributed by atoms with E-state index >= 15 is 0 Å². The molecule has 1 amide bonds. The second-order valence-electron chi connectivity index (χ2n) is 5.71. The van der Waals surface area contributed by atoms with E-state index in [4.69, 9.17) is 4.74 Å². The van der Waals surface area contributed by atoms with Gasteiger partial charge in [0.15, 0.2) is 5.78 Å². The molecule has 1 fully saturated rings. The number of carbonyl (C=O) groups excluding carboxylic acids is 2. The smallest absolute Gasteiger partial charge is 0.414 e. The molecule has 1 aliphatic rings. The summed E-state index contributed by atoms with van der Waals surface area (Å²) in [4.78, 5) is 27.1. The van der Waals surface area contributed by atoms with Crippen LogP contribution in [0, 0.1) is 0 Å². The van der Waals surface area contributed by atoms with Crippen molar-refractivity contribution in [2.24, 2.45) is 0 Å². The zero-order valence-electron chi connectivity index (χ0n) is 11.8. The Labute approximate surface area is 108 Å². The molecule has 102 valence electrons. The summed E-state index contributed by atoms with van der Waals surface area (Å²) in [5.41, 5.74) is -0.0580. The van der Waals surface area contributed by atoms with E-state index in [9.17, 15) is 9.59 Å². The average molecular weight is 254 g/mol. The SMILES string of the molecule is C=C1C(N(C)C)C(=O)CCN1C(=O)OC(C)(C)C. The van der Waals surface area contributed by atoms with Gasteiger partial charge in [0, 0.05) is 18.7 Å². The normalized spacial score (nSPS) is 21.4. The Bertz CT molecular complexity index is 369. The first-order valence-electron chi connectivity index (χ1n) is 6.02. The lowest BCUT2D eigenvalue weighted by atomic mass is 10.0. The van der Waals surface area contributed by atoms with Crippen LogP contribution in [0.4, 0.5) is 4.79 Å². The molecule has 5 nitrogen and oxygen atoms in total. The fourth-order valence-corrected chi connectivity index (χ4v) is 1.95. The van der Waals surface area contributed by atoms with Crippen LogP contribution in [-0.2, 0) is 9.53 Å². The maximum absolute atomic E-state index is 12.0. The number of hydrogen-bond donors (Lipinski definition) is 0. The number of Topliss-reactive ketones (excluding diaryl/α,β-unsaturated/α-hetero) is 1. The van der Waals surface area contributed by atoms with E-state index in [0.717, 1.165) is 0 Å². The zero-order valence-corrected chi connectivity index (χ0v) is 11.8. The molecule has 0 bridgehead atoms. The molecule has 1 atom stereocenters. The Hall–Kier alpha value is -1.36. The average Bonchev–Trinajstić information content (AvgIpc) is 2.13. The van der Waals surface area contributed by atoms with Crippen molar-refractivity contribution in [1.29, 1.82) is 0 Å². The van der Waals surface area contributed by atoms with E-state index in [1.165, 1.54) is 4.90 Å². The monoisotopic (exact) mass is 254 g/mol. The summed E-state index contributed by atoms with van der Waals surface area (Å²) in [6.45, 7) is 9.64. The molecule has 0 aromatic carbocycles. The number of carbonyl (C=O) groups is 2. The third kappa shape index (κ3) is 3.32. The second-order valence-corrected chi connectivity index (χ2v) is 5.71. The molecule has 0 aromatic rings. The molecule has 1 aliphatic heterocycles. The van der Waals surface area contributed by atoms with Crippen molar-refractivity contribution in [2.45, 2.75) is 38.8 Å². The van der Waals surface area contributed by atoms with Gasteiger partial charge in [0.05, 0.1) is 0 Å². The number of nitrogens with zero attached hydrogens (tertiary/aromatic N) is 2. The van der Waals surface area contributed by atoms with Crippen molar-refractivity contribution in [1.82, 2.24) is 9.80 Å². The Kier molecular flexibility index (Phi) is 4.16. The lowest BCUT2D eigenvalue weighted by molar-refractivity contribution is -0.124. The zero-order chi connectivity index (χ0) is 14.1. The molecule has 1 unspecified atom stereocenters. The van der Waals surface area contributed by atoms with Crippen LogP contribution < -0.4 is 0 Å². The molecular formula is C13H22N2O3. The predicted molar refractivity (Wildman–Crippen MR) is 69.2 cm³/mol. The van der Waals surface area contributed by atoms with Crippen molar-refractivity contribution in [2.75, 3.05) is 20.6 Å². The minimum atomic E-state index is -0.549.